The minimum Gasteiger partial charge on any atom is -0.351 e. The van der Waals surface area contributed by atoms with Crippen molar-refractivity contribution in [1.29, 1.82) is 0 Å². The summed E-state index contributed by atoms with van der Waals surface area (Å²) >= 11 is 13.0. The van der Waals surface area contributed by atoms with Gasteiger partial charge in [-0.15, -0.1) is 0 Å². The van der Waals surface area contributed by atoms with Gasteiger partial charge in [-0.1, -0.05) is 37.9 Å². The Morgan fingerprint density at radius 2 is 1.72 bits per heavy atom. The van der Waals surface area contributed by atoms with Crippen LogP contribution in [0, 0.1) is 6.92 Å². The molecule has 3 heterocycles. The van der Waals surface area contributed by atoms with Crippen LogP contribution in [0.5, 0.6) is 0 Å². The van der Waals surface area contributed by atoms with Gasteiger partial charge in [0.15, 0.2) is 5.11 Å². The number of aromatic nitrogens is 2. The third-order valence-corrected chi connectivity index (χ3v) is 7.44. The SMILES string of the molecule is Cc1cc(N2C(=S)NC(c3ccccn3)C2c2cccn2-c2ccc(Br)cc2)ccc1Br. The van der Waals surface area contributed by atoms with E-state index in [9.17, 15) is 0 Å². The molecule has 5 rings (SSSR count). The first-order valence-corrected chi connectivity index (χ1v) is 12.2. The van der Waals surface area contributed by atoms with Gasteiger partial charge in [0.2, 0.25) is 0 Å². The maximum Gasteiger partial charge on any atom is 0.174 e. The highest BCUT2D eigenvalue weighted by Crippen LogP contribution is 2.42. The Bertz CT molecular complexity index is 1270. The molecule has 7 heteroatoms. The zero-order valence-electron chi connectivity index (χ0n) is 17.2. The number of nitrogens with zero attached hydrogens (tertiary/aromatic N) is 3. The molecule has 0 spiro atoms. The normalized spacial score (nSPS) is 18.1. The summed E-state index contributed by atoms with van der Waals surface area (Å²) < 4.78 is 4.36. The van der Waals surface area contributed by atoms with Crippen LogP contribution in [-0.2, 0) is 0 Å². The number of anilines is 1. The Morgan fingerprint density at radius 3 is 2.44 bits per heavy atom. The van der Waals surface area contributed by atoms with E-state index in [1.165, 1.54) is 0 Å². The Balaban J connectivity index is 1.67. The van der Waals surface area contributed by atoms with Crippen molar-refractivity contribution in [2.75, 3.05) is 4.90 Å². The van der Waals surface area contributed by atoms with Gasteiger partial charge in [-0.05, 0) is 91.4 Å². The molecule has 0 amide bonds. The first-order chi connectivity index (χ1) is 15.5. The van der Waals surface area contributed by atoms with Crippen LogP contribution >= 0.6 is 44.1 Å². The predicted octanol–water partition coefficient (Wildman–Crippen LogP) is 6.88. The van der Waals surface area contributed by atoms with Gasteiger partial charge in [-0.25, -0.2) is 0 Å². The molecule has 2 aromatic heterocycles. The van der Waals surface area contributed by atoms with E-state index in [4.69, 9.17) is 12.2 Å². The van der Waals surface area contributed by atoms with Crippen LogP contribution in [0.1, 0.15) is 29.0 Å². The molecular weight excluding hydrogens is 548 g/mol. The Labute approximate surface area is 209 Å². The number of aryl methyl sites for hydroxylation is 1. The van der Waals surface area contributed by atoms with E-state index in [2.05, 4.69) is 125 Å². The van der Waals surface area contributed by atoms with E-state index in [-0.39, 0.29) is 12.1 Å². The van der Waals surface area contributed by atoms with Crippen LogP contribution in [0.3, 0.4) is 0 Å². The standard InChI is InChI=1S/C25H20Br2N4S/c1-16-15-19(11-12-20(16)27)31-24(23(29-25(31)32)21-5-2-3-13-28-21)22-6-4-14-30(22)18-9-7-17(26)8-10-18/h2-15,23-24H,1H3,(H,29,32). The molecule has 2 unspecified atom stereocenters. The molecule has 1 saturated heterocycles. The van der Waals surface area contributed by atoms with Crippen molar-refractivity contribution in [2.24, 2.45) is 0 Å². The molecule has 32 heavy (non-hydrogen) atoms. The quantitative estimate of drug-likeness (QED) is 0.272. The van der Waals surface area contributed by atoms with Crippen molar-refractivity contribution in [1.82, 2.24) is 14.9 Å². The molecule has 2 atom stereocenters. The summed E-state index contributed by atoms with van der Waals surface area (Å²) in [6, 6.07) is 24.8. The number of rotatable bonds is 4. The Morgan fingerprint density at radius 1 is 0.938 bits per heavy atom. The fourth-order valence-electron chi connectivity index (χ4n) is 4.18. The summed E-state index contributed by atoms with van der Waals surface area (Å²) in [4.78, 5) is 6.86. The minimum atomic E-state index is -0.0863. The molecule has 160 valence electrons. The molecule has 0 aliphatic carbocycles. The van der Waals surface area contributed by atoms with Crippen molar-refractivity contribution >= 4 is 54.9 Å². The molecule has 4 aromatic rings. The Hall–Kier alpha value is -2.48. The number of pyridine rings is 1. The minimum absolute atomic E-state index is 0.0726. The van der Waals surface area contributed by atoms with Crippen molar-refractivity contribution < 1.29 is 0 Å². The number of benzene rings is 2. The molecule has 0 bridgehead atoms. The summed E-state index contributed by atoms with van der Waals surface area (Å²) in [6.45, 7) is 2.09. The highest BCUT2D eigenvalue weighted by Gasteiger charge is 2.42. The number of nitrogens with one attached hydrogen (secondary N) is 1. The predicted molar refractivity (Wildman–Crippen MR) is 140 cm³/mol. The van der Waals surface area contributed by atoms with Gasteiger partial charge in [0.1, 0.15) is 6.04 Å². The number of halogens is 2. The third kappa shape index (κ3) is 3.89. The second-order valence-electron chi connectivity index (χ2n) is 7.71. The maximum atomic E-state index is 5.86. The molecular formula is C25H20Br2N4S. The lowest BCUT2D eigenvalue weighted by Gasteiger charge is -2.29. The summed E-state index contributed by atoms with van der Waals surface area (Å²) in [5.41, 5.74) is 5.40. The van der Waals surface area contributed by atoms with E-state index >= 15 is 0 Å². The fourth-order valence-corrected chi connectivity index (χ4v) is 5.04. The molecule has 0 radical (unpaired) electrons. The number of hydrogen-bond acceptors (Lipinski definition) is 2. The number of hydrogen-bond donors (Lipinski definition) is 1. The van der Waals surface area contributed by atoms with Gasteiger partial charge >= 0.3 is 0 Å². The topological polar surface area (TPSA) is 33.1 Å². The van der Waals surface area contributed by atoms with E-state index in [1.54, 1.807) is 0 Å². The van der Waals surface area contributed by atoms with Crippen molar-refractivity contribution in [3.05, 3.63) is 111 Å². The average molecular weight is 568 g/mol. The molecule has 1 aliphatic heterocycles. The lowest BCUT2D eigenvalue weighted by atomic mass is 10.0. The summed E-state index contributed by atoms with van der Waals surface area (Å²) in [6.07, 6.45) is 3.93. The van der Waals surface area contributed by atoms with E-state index in [0.717, 1.165) is 37.3 Å². The largest absolute Gasteiger partial charge is 0.351 e. The van der Waals surface area contributed by atoms with Crippen LogP contribution < -0.4 is 10.2 Å². The molecule has 1 aliphatic rings. The monoisotopic (exact) mass is 566 g/mol. The van der Waals surface area contributed by atoms with Gasteiger partial charge in [-0.2, -0.15) is 0 Å². The van der Waals surface area contributed by atoms with Crippen molar-refractivity contribution in [3.8, 4) is 5.69 Å². The van der Waals surface area contributed by atoms with E-state index in [0.29, 0.717) is 5.11 Å². The second-order valence-corrected chi connectivity index (χ2v) is 9.87. The van der Waals surface area contributed by atoms with E-state index < -0.39 is 0 Å². The fraction of sp³-hybridized carbons (Fsp3) is 0.120. The molecule has 2 aromatic carbocycles. The molecule has 1 N–H and O–H groups in total. The van der Waals surface area contributed by atoms with Gasteiger partial charge < -0.3 is 14.8 Å². The van der Waals surface area contributed by atoms with Gasteiger partial charge in [0.05, 0.1) is 11.7 Å². The smallest absolute Gasteiger partial charge is 0.174 e. The first kappa shape index (κ1) is 21.4. The first-order valence-electron chi connectivity index (χ1n) is 10.2. The molecule has 0 saturated carbocycles. The zero-order valence-corrected chi connectivity index (χ0v) is 21.2. The third-order valence-electron chi connectivity index (χ3n) is 5.71. The second kappa shape index (κ2) is 8.81. The van der Waals surface area contributed by atoms with Crippen LogP contribution in [0.2, 0.25) is 0 Å². The van der Waals surface area contributed by atoms with Crippen molar-refractivity contribution in [3.63, 3.8) is 0 Å². The lowest BCUT2D eigenvalue weighted by Crippen LogP contribution is -2.30. The van der Waals surface area contributed by atoms with Gasteiger partial charge in [-0.3, -0.25) is 4.98 Å². The van der Waals surface area contributed by atoms with Crippen LogP contribution in [0.25, 0.3) is 5.69 Å². The summed E-state index contributed by atoms with van der Waals surface area (Å²) in [7, 11) is 0. The van der Waals surface area contributed by atoms with Crippen LogP contribution in [-0.4, -0.2) is 14.7 Å². The Kier molecular flexibility index (Phi) is 5.88. The molecule has 4 nitrogen and oxygen atoms in total. The van der Waals surface area contributed by atoms with Gasteiger partial charge in [0, 0.05) is 38.4 Å². The summed E-state index contributed by atoms with van der Waals surface area (Å²) in [5, 5.41) is 4.23. The average Bonchev–Trinajstić information content (AvgIpc) is 3.41. The highest BCUT2D eigenvalue weighted by molar-refractivity contribution is 9.10. The lowest BCUT2D eigenvalue weighted by molar-refractivity contribution is 0.549. The number of thiocarbonyl (C=S) groups is 1. The van der Waals surface area contributed by atoms with E-state index in [1.807, 2.05) is 18.3 Å². The molecule has 1 fully saturated rings. The highest BCUT2D eigenvalue weighted by atomic mass is 79.9. The summed E-state index contributed by atoms with van der Waals surface area (Å²) in [5.74, 6) is 0. The van der Waals surface area contributed by atoms with Crippen LogP contribution in [0.4, 0.5) is 5.69 Å². The van der Waals surface area contributed by atoms with Gasteiger partial charge in [0.25, 0.3) is 0 Å². The zero-order chi connectivity index (χ0) is 22.2. The van der Waals surface area contributed by atoms with Crippen molar-refractivity contribution in [2.45, 2.75) is 19.0 Å². The maximum absolute atomic E-state index is 5.86. The van der Waals surface area contributed by atoms with Crippen LogP contribution in [0.15, 0.2) is 94.1 Å².